The molecular weight excluding hydrogens is 310 g/mol. The first kappa shape index (κ1) is 13.8. The maximum Gasteiger partial charge on any atom is 0.253 e. The van der Waals surface area contributed by atoms with Crippen LogP contribution in [0.2, 0.25) is 0 Å². The average Bonchev–Trinajstić information content (AvgIpc) is 2.97. The molecule has 23 heavy (non-hydrogen) atoms. The minimum atomic E-state index is 0.561. The first-order valence-electron chi connectivity index (χ1n) is 6.90. The van der Waals surface area contributed by atoms with E-state index in [1.165, 1.54) is 11.8 Å². The summed E-state index contributed by atoms with van der Waals surface area (Å²) in [5.74, 6) is 1.15. The van der Waals surface area contributed by atoms with Crippen molar-refractivity contribution < 1.29 is 0 Å². The summed E-state index contributed by atoms with van der Waals surface area (Å²) in [6, 6.07) is 9.37. The van der Waals surface area contributed by atoms with Gasteiger partial charge in [-0.1, -0.05) is 6.07 Å². The molecule has 0 atom stereocenters. The molecule has 0 aliphatic heterocycles. The van der Waals surface area contributed by atoms with Gasteiger partial charge in [0.2, 0.25) is 5.16 Å². The fourth-order valence-electron chi connectivity index (χ4n) is 2.05. The van der Waals surface area contributed by atoms with E-state index in [1.807, 2.05) is 43.5 Å². The van der Waals surface area contributed by atoms with Crippen LogP contribution in [0.3, 0.4) is 0 Å². The van der Waals surface area contributed by atoms with E-state index >= 15 is 0 Å². The molecule has 0 N–H and O–H groups in total. The second-order valence-electron chi connectivity index (χ2n) is 4.75. The van der Waals surface area contributed by atoms with Gasteiger partial charge in [-0.2, -0.15) is 4.98 Å². The Bertz CT molecular complexity index is 935. The van der Waals surface area contributed by atoms with Crippen molar-refractivity contribution in [2.24, 2.45) is 0 Å². The third-order valence-electron chi connectivity index (χ3n) is 3.02. The van der Waals surface area contributed by atoms with Crippen LogP contribution in [0, 0.1) is 6.92 Å². The Morgan fingerprint density at radius 1 is 1.00 bits per heavy atom. The molecule has 4 aromatic rings. The molecule has 0 unspecified atom stereocenters. The molecule has 0 amide bonds. The van der Waals surface area contributed by atoms with E-state index in [0.717, 1.165) is 16.4 Å². The number of aryl methyl sites for hydroxylation is 1. The first-order chi connectivity index (χ1) is 11.3. The maximum absolute atomic E-state index is 4.55. The summed E-state index contributed by atoms with van der Waals surface area (Å²) in [4.78, 5) is 21.8. The number of aromatic nitrogens is 7. The molecule has 112 valence electrons. The first-order valence-corrected chi connectivity index (χ1v) is 7.72. The molecule has 0 aliphatic carbocycles. The highest BCUT2D eigenvalue weighted by molar-refractivity contribution is 7.99. The lowest BCUT2D eigenvalue weighted by atomic mass is 10.3. The smallest absolute Gasteiger partial charge is 0.253 e. The van der Waals surface area contributed by atoms with Crippen molar-refractivity contribution >= 4 is 17.5 Å². The van der Waals surface area contributed by atoms with Crippen molar-refractivity contribution in [3.63, 3.8) is 0 Å². The van der Waals surface area contributed by atoms with E-state index in [-0.39, 0.29) is 0 Å². The van der Waals surface area contributed by atoms with E-state index in [4.69, 9.17) is 0 Å². The Kier molecular flexibility index (Phi) is 3.43. The number of hydrogen-bond acceptors (Lipinski definition) is 7. The standard InChI is InChI=1S/C15H11N7S/c1-10-9-12(19-13(18-10)11-5-2-3-6-16-11)23-15-20-14-17-7-4-8-22(14)21-15/h2-9H,1H3. The lowest BCUT2D eigenvalue weighted by Gasteiger charge is -2.03. The third kappa shape index (κ3) is 2.88. The Balaban J connectivity index is 1.70. The SMILES string of the molecule is Cc1cc(Sc2nc3ncccn3n2)nc(-c2ccccn2)n1. The zero-order chi connectivity index (χ0) is 15.6. The second-order valence-corrected chi connectivity index (χ2v) is 5.73. The van der Waals surface area contributed by atoms with Crippen LogP contribution in [-0.4, -0.2) is 34.5 Å². The largest absolute Gasteiger partial charge is 0.253 e. The van der Waals surface area contributed by atoms with Crippen LogP contribution >= 0.6 is 11.8 Å². The van der Waals surface area contributed by atoms with E-state index < -0.39 is 0 Å². The van der Waals surface area contributed by atoms with E-state index in [9.17, 15) is 0 Å². The predicted molar refractivity (Wildman–Crippen MR) is 84.9 cm³/mol. The van der Waals surface area contributed by atoms with Crippen molar-refractivity contribution in [2.45, 2.75) is 17.1 Å². The van der Waals surface area contributed by atoms with Crippen LogP contribution in [0.15, 0.2) is 59.1 Å². The zero-order valence-electron chi connectivity index (χ0n) is 12.2. The minimum Gasteiger partial charge on any atom is -0.253 e. The monoisotopic (exact) mass is 321 g/mol. The summed E-state index contributed by atoms with van der Waals surface area (Å²) in [5, 5.41) is 5.73. The number of nitrogens with zero attached hydrogens (tertiary/aromatic N) is 7. The second kappa shape index (κ2) is 5.73. The lowest BCUT2D eigenvalue weighted by Crippen LogP contribution is -1.95. The van der Waals surface area contributed by atoms with Crippen LogP contribution in [0.25, 0.3) is 17.3 Å². The summed E-state index contributed by atoms with van der Waals surface area (Å²) >= 11 is 1.37. The van der Waals surface area contributed by atoms with Gasteiger partial charge in [0.25, 0.3) is 5.78 Å². The molecule has 4 aromatic heterocycles. The Morgan fingerprint density at radius 3 is 2.74 bits per heavy atom. The zero-order valence-corrected chi connectivity index (χ0v) is 13.0. The van der Waals surface area contributed by atoms with Gasteiger partial charge in [-0.05, 0) is 43.0 Å². The highest BCUT2D eigenvalue weighted by Crippen LogP contribution is 2.25. The topological polar surface area (TPSA) is 81.8 Å². The van der Waals surface area contributed by atoms with Gasteiger partial charge in [-0.25, -0.2) is 19.5 Å². The number of pyridine rings is 1. The summed E-state index contributed by atoms with van der Waals surface area (Å²) in [5.41, 5.74) is 1.60. The summed E-state index contributed by atoms with van der Waals surface area (Å²) < 4.78 is 1.63. The van der Waals surface area contributed by atoms with Gasteiger partial charge < -0.3 is 0 Å². The van der Waals surface area contributed by atoms with Crippen LogP contribution in [0.4, 0.5) is 0 Å². The van der Waals surface area contributed by atoms with Gasteiger partial charge in [0, 0.05) is 24.3 Å². The van der Waals surface area contributed by atoms with E-state index in [1.54, 1.807) is 16.9 Å². The van der Waals surface area contributed by atoms with E-state index in [2.05, 4.69) is 30.0 Å². The number of fused-ring (bicyclic) bond motifs is 1. The third-order valence-corrected chi connectivity index (χ3v) is 3.79. The van der Waals surface area contributed by atoms with Crippen molar-refractivity contribution in [3.8, 4) is 11.5 Å². The van der Waals surface area contributed by atoms with Crippen LogP contribution in [0.1, 0.15) is 5.69 Å². The van der Waals surface area contributed by atoms with Crippen LogP contribution in [-0.2, 0) is 0 Å². The predicted octanol–water partition coefficient (Wildman–Crippen LogP) is 2.44. The summed E-state index contributed by atoms with van der Waals surface area (Å²) in [7, 11) is 0. The molecule has 0 fully saturated rings. The van der Waals surface area contributed by atoms with Gasteiger partial charge in [0.05, 0.1) is 0 Å². The van der Waals surface area contributed by atoms with Gasteiger partial charge in [0.15, 0.2) is 5.82 Å². The fourth-order valence-corrected chi connectivity index (χ4v) is 2.86. The van der Waals surface area contributed by atoms with Crippen molar-refractivity contribution in [2.75, 3.05) is 0 Å². The molecule has 0 aliphatic rings. The molecule has 8 heteroatoms. The molecule has 7 nitrogen and oxygen atoms in total. The Morgan fingerprint density at radius 2 is 1.91 bits per heavy atom. The van der Waals surface area contributed by atoms with E-state index in [0.29, 0.717) is 16.8 Å². The molecule has 0 bridgehead atoms. The Hall–Kier alpha value is -2.87. The minimum absolute atomic E-state index is 0.561. The summed E-state index contributed by atoms with van der Waals surface area (Å²) in [6.45, 7) is 1.93. The molecule has 0 aromatic carbocycles. The van der Waals surface area contributed by atoms with Crippen molar-refractivity contribution in [3.05, 3.63) is 54.6 Å². The normalized spacial score (nSPS) is 11.0. The molecule has 4 rings (SSSR count). The molecule has 0 spiro atoms. The maximum atomic E-state index is 4.55. The van der Waals surface area contributed by atoms with Gasteiger partial charge in [-0.15, -0.1) is 5.10 Å². The molecule has 0 saturated carbocycles. The van der Waals surface area contributed by atoms with Crippen LogP contribution in [0.5, 0.6) is 0 Å². The molecule has 0 radical (unpaired) electrons. The molecular formula is C15H11N7S. The summed E-state index contributed by atoms with van der Waals surface area (Å²) in [6.07, 6.45) is 5.22. The van der Waals surface area contributed by atoms with Gasteiger partial charge >= 0.3 is 0 Å². The molecule has 0 saturated heterocycles. The fraction of sp³-hybridized carbons (Fsp3) is 0.0667. The Labute approximate surface area is 135 Å². The average molecular weight is 321 g/mol. The highest BCUT2D eigenvalue weighted by atomic mass is 32.2. The van der Waals surface area contributed by atoms with Crippen LogP contribution < -0.4 is 0 Å². The van der Waals surface area contributed by atoms with Gasteiger partial charge in [0.1, 0.15) is 10.7 Å². The number of hydrogen-bond donors (Lipinski definition) is 0. The lowest BCUT2D eigenvalue weighted by molar-refractivity contribution is 0.876. The quantitative estimate of drug-likeness (QED) is 0.536. The molecule has 4 heterocycles. The number of rotatable bonds is 3. The van der Waals surface area contributed by atoms with Gasteiger partial charge in [-0.3, -0.25) is 4.98 Å². The van der Waals surface area contributed by atoms with Crippen molar-refractivity contribution in [1.82, 2.24) is 34.5 Å². The van der Waals surface area contributed by atoms with Crippen molar-refractivity contribution in [1.29, 1.82) is 0 Å². The highest BCUT2D eigenvalue weighted by Gasteiger charge is 2.10.